The fraction of sp³-hybridized carbons (Fsp3) is 0.875. The third-order valence-corrected chi connectivity index (χ3v) is 3.30. The van der Waals surface area contributed by atoms with Gasteiger partial charge >= 0.3 is 71.1 Å². The predicted molar refractivity (Wildman–Crippen MR) is 94.0 cm³/mol. The SMILES string of the molecule is CCCCCCCCCCCCOC(=O)CCC(=O)O.[NaH].[NaH]. The van der Waals surface area contributed by atoms with E-state index in [1.54, 1.807) is 0 Å². The molecule has 0 fully saturated rings. The predicted octanol–water partition coefficient (Wildman–Crippen LogP) is 3.02. The minimum absolute atomic E-state index is 0. The molecule has 122 valence electrons. The van der Waals surface area contributed by atoms with E-state index in [-0.39, 0.29) is 72.0 Å². The normalized spacial score (nSPS) is 9.50. The summed E-state index contributed by atoms with van der Waals surface area (Å²) < 4.78 is 4.96. The molecule has 0 saturated carbocycles. The Kier molecular flexibility index (Phi) is 27.7. The van der Waals surface area contributed by atoms with Crippen molar-refractivity contribution in [2.75, 3.05) is 6.61 Å². The number of esters is 1. The van der Waals surface area contributed by atoms with Crippen molar-refractivity contribution in [2.24, 2.45) is 0 Å². The van der Waals surface area contributed by atoms with Crippen molar-refractivity contribution in [2.45, 2.75) is 84.0 Å². The van der Waals surface area contributed by atoms with Gasteiger partial charge in [-0.2, -0.15) is 0 Å². The van der Waals surface area contributed by atoms with Crippen LogP contribution in [0, 0.1) is 0 Å². The molecular formula is C16H32Na2O4. The third-order valence-electron chi connectivity index (χ3n) is 3.30. The molecule has 0 aromatic rings. The van der Waals surface area contributed by atoms with Gasteiger partial charge in [0.15, 0.2) is 0 Å². The van der Waals surface area contributed by atoms with Crippen LogP contribution in [-0.4, -0.2) is 82.8 Å². The van der Waals surface area contributed by atoms with E-state index < -0.39 is 11.9 Å². The average molecular weight is 334 g/mol. The van der Waals surface area contributed by atoms with E-state index in [2.05, 4.69) is 6.92 Å². The zero-order valence-corrected chi connectivity index (χ0v) is 12.9. The van der Waals surface area contributed by atoms with E-state index in [0.29, 0.717) is 6.61 Å². The Bertz CT molecular complexity index is 261. The second kappa shape index (κ2) is 21.9. The third kappa shape index (κ3) is 23.2. The number of unbranched alkanes of at least 4 members (excludes halogenated alkanes) is 9. The maximum absolute atomic E-state index is 11.1. The van der Waals surface area contributed by atoms with Crippen LogP contribution in [0.25, 0.3) is 0 Å². The molecule has 22 heavy (non-hydrogen) atoms. The molecular weight excluding hydrogens is 302 g/mol. The van der Waals surface area contributed by atoms with Gasteiger partial charge in [-0.15, -0.1) is 0 Å². The molecule has 0 rings (SSSR count). The number of hydrogen-bond donors (Lipinski definition) is 1. The summed E-state index contributed by atoms with van der Waals surface area (Å²) in [5, 5.41) is 8.41. The van der Waals surface area contributed by atoms with E-state index in [0.717, 1.165) is 12.8 Å². The first-order valence-electron chi connectivity index (χ1n) is 8.04. The average Bonchev–Trinajstić information content (AvgIpc) is 2.42. The van der Waals surface area contributed by atoms with Crippen LogP contribution in [0.2, 0.25) is 0 Å². The first-order chi connectivity index (χ1) is 9.66. The van der Waals surface area contributed by atoms with E-state index in [9.17, 15) is 9.59 Å². The van der Waals surface area contributed by atoms with Crippen LogP contribution in [0.3, 0.4) is 0 Å². The van der Waals surface area contributed by atoms with E-state index in [1.165, 1.54) is 51.4 Å². The van der Waals surface area contributed by atoms with Crippen LogP contribution >= 0.6 is 0 Å². The van der Waals surface area contributed by atoms with Gasteiger partial charge in [0, 0.05) is 0 Å². The summed E-state index contributed by atoms with van der Waals surface area (Å²) in [6, 6.07) is 0. The summed E-state index contributed by atoms with van der Waals surface area (Å²) in [6.07, 6.45) is 12.3. The molecule has 0 aliphatic rings. The van der Waals surface area contributed by atoms with Crippen molar-refractivity contribution in [3.8, 4) is 0 Å². The first-order valence-corrected chi connectivity index (χ1v) is 8.04. The molecule has 1 N–H and O–H groups in total. The van der Waals surface area contributed by atoms with E-state index >= 15 is 0 Å². The minimum atomic E-state index is -0.958. The van der Waals surface area contributed by atoms with Gasteiger partial charge in [-0.1, -0.05) is 64.7 Å². The van der Waals surface area contributed by atoms with Crippen LogP contribution in [0.1, 0.15) is 84.0 Å². The Morgan fingerprint density at radius 2 is 1.23 bits per heavy atom. The monoisotopic (exact) mass is 334 g/mol. The van der Waals surface area contributed by atoms with Gasteiger partial charge in [0.05, 0.1) is 19.4 Å². The molecule has 0 aromatic heterocycles. The van der Waals surface area contributed by atoms with Crippen LogP contribution in [0.15, 0.2) is 0 Å². The molecule has 0 heterocycles. The van der Waals surface area contributed by atoms with Gasteiger partial charge < -0.3 is 9.84 Å². The summed E-state index contributed by atoms with van der Waals surface area (Å²) in [7, 11) is 0. The van der Waals surface area contributed by atoms with Crippen LogP contribution < -0.4 is 0 Å². The molecule has 0 bridgehead atoms. The fourth-order valence-electron chi connectivity index (χ4n) is 2.06. The summed E-state index contributed by atoms with van der Waals surface area (Å²) in [5.74, 6) is -1.36. The Balaban J connectivity index is -0.00000180. The number of rotatable bonds is 14. The molecule has 0 unspecified atom stereocenters. The zero-order chi connectivity index (χ0) is 15.1. The van der Waals surface area contributed by atoms with E-state index in [4.69, 9.17) is 9.84 Å². The van der Waals surface area contributed by atoms with Gasteiger partial charge in [-0.25, -0.2) is 0 Å². The summed E-state index contributed by atoms with van der Waals surface area (Å²) >= 11 is 0. The Labute approximate surface area is 179 Å². The molecule has 0 aromatic carbocycles. The van der Waals surface area contributed by atoms with Crippen molar-refractivity contribution >= 4 is 71.1 Å². The molecule has 0 aliphatic carbocycles. The standard InChI is InChI=1S/C16H30O4.2Na.2H/c1-2-3-4-5-6-7-8-9-10-11-14-20-16(19)13-12-15(17)18;;;;/h2-14H2,1H3,(H,17,18);;;;. The number of carbonyl (C=O) groups excluding carboxylic acids is 1. The second-order valence-electron chi connectivity index (χ2n) is 5.30. The molecule has 0 saturated heterocycles. The second-order valence-corrected chi connectivity index (χ2v) is 5.30. The zero-order valence-electron chi connectivity index (χ0n) is 12.9. The summed E-state index contributed by atoms with van der Waals surface area (Å²) in [4.78, 5) is 21.4. The first kappa shape index (κ1) is 27.8. The van der Waals surface area contributed by atoms with Crippen molar-refractivity contribution in [3.05, 3.63) is 0 Å². The van der Waals surface area contributed by atoms with Gasteiger partial charge in [0.1, 0.15) is 0 Å². The fourth-order valence-corrected chi connectivity index (χ4v) is 2.06. The molecule has 0 radical (unpaired) electrons. The molecule has 0 amide bonds. The number of aliphatic carboxylic acids is 1. The number of carboxylic acids is 1. The number of carbonyl (C=O) groups is 2. The number of ether oxygens (including phenoxy) is 1. The van der Waals surface area contributed by atoms with Gasteiger partial charge in [-0.3, -0.25) is 9.59 Å². The van der Waals surface area contributed by atoms with Crippen LogP contribution in [0.5, 0.6) is 0 Å². The van der Waals surface area contributed by atoms with Crippen molar-refractivity contribution in [3.63, 3.8) is 0 Å². The van der Waals surface area contributed by atoms with Crippen LogP contribution in [-0.2, 0) is 14.3 Å². The van der Waals surface area contributed by atoms with Gasteiger partial charge in [0.25, 0.3) is 0 Å². The van der Waals surface area contributed by atoms with Gasteiger partial charge in [-0.05, 0) is 6.42 Å². The molecule has 4 nitrogen and oxygen atoms in total. The summed E-state index contributed by atoms with van der Waals surface area (Å²) in [6.45, 7) is 2.66. The maximum atomic E-state index is 11.1. The molecule has 0 aliphatic heterocycles. The van der Waals surface area contributed by atoms with Gasteiger partial charge in [0.2, 0.25) is 0 Å². The molecule has 0 spiro atoms. The van der Waals surface area contributed by atoms with E-state index in [1.807, 2.05) is 0 Å². The van der Waals surface area contributed by atoms with Crippen molar-refractivity contribution in [1.29, 1.82) is 0 Å². The van der Waals surface area contributed by atoms with Crippen LogP contribution in [0.4, 0.5) is 0 Å². The molecule has 0 atom stereocenters. The van der Waals surface area contributed by atoms with Crippen molar-refractivity contribution < 1.29 is 19.4 Å². The topological polar surface area (TPSA) is 63.6 Å². The Morgan fingerprint density at radius 3 is 1.68 bits per heavy atom. The van der Waals surface area contributed by atoms with Crippen molar-refractivity contribution in [1.82, 2.24) is 0 Å². The Morgan fingerprint density at radius 1 is 0.773 bits per heavy atom. The molecule has 6 heteroatoms. The number of hydrogen-bond acceptors (Lipinski definition) is 3. The summed E-state index contributed by atoms with van der Waals surface area (Å²) in [5.41, 5.74) is 0. The number of carboxylic acid groups (broad SMARTS) is 1. The quantitative estimate of drug-likeness (QED) is 0.301. The Hall–Kier alpha value is 0.940.